The van der Waals surface area contributed by atoms with Crippen LogP contribution in [0.5, 0.6) is 0 Å². The maximum atomic E-state index is 12.6. The number of hydrogen-bond donors (Lipinski definition) is 1. The lowest BCUT2D eigenvalue weighted by Gasteiger charge is -2.25. The Kier molecular flexibility index (Phi) is 4.83. The molecule has 1 heterocycles. The van der Waals surface area contributed by atoms with Crippen LogP contribution in [-0.2, 0) is 6.42 Å². The third-order valence-electron chi connectivity index (χ3n) is 4.86. The van der Waals surface area contributed by atoms with Gasteiger partial charge in [0.05, 0.1) is 0 Å². The van der Waals surface area contributed by atoms with Gasteiger partial charge in [-0.1, -0.05) is 30.3 Å². The molecule has 1 aromatic carbocycles. The van der Waals surface area contributed by atoms with E-state index in [2.05, 4.69) is 4.98 Å². The van der Waals surface area contributed by atoms with Gasteiger partial charge in [0, 0.05) is 30.8 Å². The average molecular weight is 338 g/mol. The Morgan fingerprint density at radius 3 is 2.44 bits per heavy atom. The summed E-state index contributed by atoms with van der Waals surface area (Å²) < 4.78 is 0. The van der Waals surface area contributed by atoms with Crippen LogP contribution in [0.15, 0.2) is 41.2 Å². The normalized spacial score (nSPS) is 16.4. The number of aromatic amines is 1. The van der Waals surface area contributed by atoms with Gasteiger partial charge in [0.2, 0.25) is 0 Å². The molecule has 0 radical (unpaired) electrons. The van der Waals surface area contributed by atoms with Crippen molar-refractivity contribution in [2.75, 3.05) is 13.1 Å². The van der Waals surface area contributed by atoms with Crippen LogP contribution in [-0.4, -0.2) is 34.7 Å². The summed E-state index contributed by atoms with van der Waals surface area (Å²) in [6.07, 6.45) is 0.988. The summed E-state index contributed by atoms with van der Waals surface area (Å²) in [5.41, 5.74) is 1.82. The first kappa shape index (κ1) is 17.1. The molecule has 130 valence electrons. The molecule has 5 heteroatoms. The first-order valence-electron chi connectivity index (χ1n) is 8.68. The number of H-pyrrole nitrogens is 1. The molecule has 1 aliphatic carbocycles. The van der Waals surface area contributed by atoms with Crippen molar-refractivity contribution in [3.63, 3.8) is 0 Å². The van der Waals surface area contributed by atoms with Crippen LogP contribution < -0.4 is 5.56 Å². The van der Waals surface area contributed by atoms with E-state index in [1.165, 1.54) is 6.07 Å². The van der Waals surface area contributed by atoms with Gasteiger partial charge in [0.25, 0.3) is 11.5 Å². The van der Waals surface area contributed by atoms with Crippen molar-refractivity contribution < 1.29 is 9.59 Å². The van der Waals surface area contributed by atoms with Gasteiger partial charge in [-0.15, -0.1) is 0 Å². The smallest absolute Gasteiger partial charge is 0.261 e. The first-order chi connectivity index (χ1) is 12.0. The fraction of sp³-hybridized carbons (Fsp3) is 0.350. The predicted octanol–water partition coefficient (Wildman–Crippen LogP) is 2.77. The zero-order chi connectivity index (χ0) is 18.0. The number of ketones is 1. The van der Waals surface area contributed by atoms with Crippen LogP contribution >= 0.6 is 0 Å². The molecule has 5 nitrogen and oxygen atoms in total. The molecule has 1 atom stereocenters. The maximum Gasteiger partial charge on any atom is 0.261 e. The minimum atomic E-state index is -0.419. The van der Waals surface area contributed by atoms with Gasteiger partial charge < -0.3 is 9.88 Å². The lowest BCUT2D eigenvalue weighted by atomic mass is 9.81. The molecule has 0 saturated carbocycles. The molecule has 1 amide bonds. The van der Waals surface area contributed by atoms with Crippen molar-refractivity contribution in [2.24, 2.45) is 0 Å². The van der Waals surface area contributed by atoms with Crippen molar-refractivity contribution in [1.29, 1.82) is 0 Å². The number of Topliss-reactive ketones (excluding diaryl/α,β-unsaturated/α-hetero) is 1. The van der Waals surface area contributed by atoms with Crippen molar-refractivity contribution in [3.8, 4) is 0 Å². The van der Waals surface area contributed by atoms with E-state index in [0.29, 0.717) is 37.2 Å². The lowest BCUT2D eigenvalue weighted by Crippen LogP contribution is -2.36. The molecule has 3 rings (SSSR count). The number of nitrogens with one attached hydrogen (secondary N) is 1. The number of nitrogens with zero attached hydrogens (tertiary/aromatic N) is 1. The Bertz CT molecular complexity index is 851. The number of pyridine rings is 1. The van der Waals surface area contributed by atoms with Gasteiger partial charge in [-0.05, 0) is 37.8 Å². The second-order valence-electron chi connectivity index (χ2n) is 6.32. The van der Waals surface area contributed by atoms with Gasteiger partial charge in [0.15, 0.2) is 5.78 Å². The second kappa shape index (κ2) is 7.05. The van der Waals surface area contributed by atoms with Crippen LogP contribution in [0.2, 0.25) is 0 Å². The highest BCUT2D eigenvalue weighted by atomic mass is 16.2. The fourth-order valence-corrected chi connectivity index (χ4v) is 3.43. The van der Waals surface area contributed by atoms with E-state index < -0.39 is 5.56 Å². The highest BCUT2D eigenvalue weighted by Crippen LogP contribution is 2.31. The van der Waals surface area contributed by atoms with Gasteiger partial charge in [-0.3, -0.25) is 14.4 Å². The summed E-state index contributed by atoms with van der Waals surface area (Å²) in [5, 5.41) is 0. The zero-order valence-electron chi connectivity index (χ0n) is 14.5. The minimum Gasteiger partial charge on any atom is -0.339 e. The van der Waals surface area contributed by atoms with Crippen LogP contribution in [0.1, 0.15) is 58.2 Å². The number of amides is 1. The maximum absolute atomic E-state index is 12.6. The van der Waals surface area contributed by atoms with Gasteiger partial charge in [-0.25, -0.2) is 0 Å². The van der Waals surface area contributed by atoms with Gasteiger partial charge in [-0.2, -0.15) is 0 Å². The molecule has 0 bridgehead atoms. The van der Waals surface area contributed by atoms with E-state index in [0.717, 1.165) is 5.56 Å². The summed E-state index contributed by atoms with van der Waals surface area (Å²) in [5.74, 6) is -0.298. The monoisotopic (exact) mass is 338 g/mol. The SMILES string of the molecule is CCN(CC)C(=O)c1cc2c([nH]c1=O)CC(c1ccccc1)CC2=O. The van der Waals surface area contributed by atoms with Crippen molar-refractivity contribution >= 4 is 11.7 Å². The molecule has 0 spiro atoms. The summed E-state index contributed by atoms with van der Waals surface area (Å²) in [7, 11) is 0. The topological polar surface area (TPSA) is 70.2 Å². The third-order valence-corrected chi connectivity index (χ3v) is 4.86. The summed E-state index contributed by atoms with van der Waals surface area (Å²) >= 11 is 0. The molecule has 1 aromatic heterocycles. The molecule has 1 unspecified atom stereocenters. The number of benzene rings is 1. The van der Waals surface area contributed by atoms with E-state index in [-0.39, 0.29) is 23.2 Å². The first-order valence-corrected chi connectivity index (χ1v) is 8.68. The molecule has 0 aliphatic heterocycles. The van der Waals surface area contributed by atoms with E-state index in [1.807, 2.05) is 44.2 Å². The fourth-order valence-electron chi connectivity index (χ4n) is 3.43. The van der Waals surface area contributed by atoms with Crippen molar-refractivity contribution in [2.45, 2.75) is 32.6 Å². The highest BCUT2D eigenvalue weighted by molar-refractivity contribution is 6.02. The lowest BCUT2D eigenvalue weighted by molar-refractivity contribution is 0.0771. The Balaban J connectivity index is 1.97. The second-order valence-corrected chi connectivity index (χ2v) is 6.32. The molecule has 2 aromatic rings. The van der Waals surface area contributed by atoms with Crippen LogP contribution in [0.25, 0.3) is 0 Å². The van der Waals surface area contributed by atoms with Crippen molar-refractivity contribution in [1.82, 2.24) is 9.88 Å². The molecule has 1 aliphatic rings. The van der Waals surface area contributed by atoms with E-state index in [9.17, 15) is 14.4 Å². The van der Waals surface area contributed by atoms with E-state index in [1.54, 1.807) is 4.90 Å². The zero-order valence-corrected chi connectivity index (χ0v) is 14.5. The van der Waals surface area contributed by atoms with Crippen LogP contribution in [0, 0.1) is 0 Å². The Hall–Kier alpha value is -2.69. The highest BCUT2D eigenvalue weighted by Gasteiger charge is 2.29. The molecule has 0 fully saturated rings. The number of aromatic nitrogens is 1. The molecular formula is C20H22N2O3. The van der Waals surface area contributed by atoms with E-state index in [4.69, 9.17) is 0 Å². The standard InChI is InChI=1S/C20H22N2O3/c1-3-22(4-2)20(25)16-12-15-17(21-19(16)24)10-14(11-18(15)23)13-8-6-5-7-9-13/h5-9,12,14H,3-4,10-11H2,1-2H3,(H,21,24). The molecular weight excluding hydrogens is 316 g/mol. The quantitative estimate of drug-likeness (QED) is 0.932. The predicted molar refractivity (Wildman–Crippen MR) is 96.1 cm³/mol. The number of rotatable bonds is 4. The Labute approximate surface area is 146 Å². The van der Waals surface area contributed by atoms with Gasteiger partial charge in [0.1, 0.15) is 5.56 Å². The summed E-state index contributed by atoms with van der Waals surface area (Å²) in [6.45, 7) is 4.78. The molecule has 25 heavy (non-hydrogen) atoms. The number of carbonyl (C=O) groups excluding carboxylic acids is 2. The Morgan fingerprint density at radius 2 is 1.80 bits per heavy atom. The van der Waals surface area contributed by atoms with Crippen LogP contribution in [0.3, 0.4) is 0 Å². The largest absolute Gasteiger partial charge is 0.339 e. The number of fused-ring (bicyclic) bond motifs is 1. The molecule has 1 N–H and O–H groups in total. The average Bonchev–Trinajstić information content (AvgIpc) is 2.62. The third kappa shape index (κ3) is 3.27. The minimum absolute atomic E-state index is 0.0278. The summed E-state index contributed by atoms with van der Waals surface area (Å²) in [4.78, 5) is 41.9. The number of hydrogen-bond acceptors (Lipinski definition) is 3. The summed E-state index contributed by atoms with van der Waals surface area (Å²) in [6, 6.07) is 11.3. The van der Waals surface area contributed by atoms with Gasteiger partial charge >= 0.3 is 0 Å². The van der Waals surface area contributed by atoms with E-state index >= 15 is 0 Å². The molecule has 0 saturated heterocycles. The van der Waals surface area contributed by atoms with Crippen LogP contribution in [0.4, 0.5) is 0 Å². The Morgan fingerprint density at radius 1 is 1.12 bits per heavy atom. The van der Waals surface area contributed by atoms with Crippen molar-refractivity contribution in [3.05, 3.63) is 69.1 Å². The number of carbonyl (C=O) groups is 2.